The van der Waals surface area contributed by atoms with Gasteiger partial charge in [-0.2, -0.15) is 0 Å². The summed E-state index contributed by atoms with van der Waals surface area (Å²) in [6.45, 7) is 2.25. The fourth-order valence-corrected chi connectivity index (χ4v) is 2.31. The summed E-state index contributed by atoms with van der Waals surface area (Å²) >= 11 is 0. The van der Waals surface area contributed by atoms with Crippen LogP contribution in [-0.4, -0.2) is 98.1 Å². The quantitative estimate of drug-likeness (QED) is 0.134. The van der Waals surface area contributed by atoms with Gasteiger partial charge in [0.25, 0.3) is 0 Å². The van der Waals surface area contributed by atoms with Gasteiger partial charge < -0.3 is 39.6 Å². The molecule has 0 spiro atoms. The third-order valence-corrected chi connectivity index (χ3v) is 3.53. The van der Waals surface area contributed by atoms with Crippen molar-refractivity contribution in [1.29, 1.82) is 0 Å². The smallest absolute Gasteiger partial charge is 0.217 e. The zero-order valence-corrected chi connectivity index (χ0v) is 14.6. The molecule has 5 atom stereocenters. The normalized spacial score (nSPS) is 28.4. The van der Waals surface area contributed by atoms with E-state index in [1.54, 1.807) is 0 Å². The summed E-state index contributed by atoms with van der Waals surface area (Å²) < 4.78 is 21.3. The third kappa shape index (κ3) is 7.81. The van der Waals surface area contributed by atoms with Gasteiger partial charge in [0, 0.05) is 18.4 Å². The molecule has 0 bridgehead atoms. The predicted octanol–water partition coefficient (Wildman–Crippen LogP) is -1.71. The molecule has 1 fully saturated rings. The van der Waals surface area contributed by atoms with Crippen LogP contribution >= 0.6 is 0 Å². The number of nitrogens with one attached hydrogen (secondary N) is 1. The Bertz CT molecular complexity index is 462. The molecule has 1 aliphatic rings. The maximum absolute atomic E-state index is 11.3. The second kappa shape index (κ2) is 12.8. The monoisotopic (exact) mass is 378 g/mol. The van der Waals surface area contributed by atoms with Crippen LogP contribution in [0.2, 0.25) is 0 Å². The molecule has 1 heterocycles. The Morgan fingerprint density at radius 2 is 1.85 bits per heavy atom. The molecule has 4 N–H and O–H groups in total. The lowest BCUT2D eigenvalue weighted by Gasteiger charge is -2.42. The van der Waals surface area contributed by atoms with Crippen LogP contribution in [0.5, 0.6) is 0 Å². The van der Waals surface area contributed by atoms with Crippen LogP contribution in [0.25, 0.3) is 10.4 Å². The zero-order chi connectivity index (χ0) is 19.4. The first-order valence-corrected chi connectivity index (χ1v) is 8.18. The third-order valence-electron chi connectivity index (χ3n) is 3.53. The van der Waals surface area contributed by atoms with Crippen molar-refractivity contribution in [1.82, 2.24) is 5.32 Å². The van der Waals surface area contributed by atoms with E-state index >= 15 is 0 Å². The number of hydrogen-bond acceptors (Lipinski definition) is 9. The number of nitrogens with zero attached hydrogens (tertiary/aromatic N) is 3. The predicted molar refractivity (Wildman–Crippen MR) is 87.0 cm³/mol. The minimum atomic E-state index is -1.35. The molecule has 0 saturated carbocycles. The second-order valence-corrected chi connectivity index (χ2v) is 5.48. The topological polar surface area (TPSA) is 175 Å². The summed E-state index contributed by atoms with van der Waals surface area (Å²) in [6.07, 6.45) is -4.76. The van der Waals surface area contributed by atoms with Crippen molar-refractivity contribution in [2.75, 3.05) is 46.2 Å². The van der Waals surface area contributed by atoms with Crippen molar-refractivity contribution >= 4 is 5.91 Å². The van der Waals surface area contributed by atoms with Gasteiger partial charge in [-0.05, 0) is 5.53 Å². The maximum Gasteiger partial charge on any atom is 0.217 e. The first-order chi connectivity index (χ1) is 12.5. The van der Waals surface area contributed by atoms with Crippen LogP contribution in [0.15, 0.2) is 5.11 Å². The molecule has 0 aliphatic carbocycles. The lowest BCUT2D eigenvalue weighted by molar-refractivity contribution is -0.272. The minimum Gasteiger partial charge on any atom is -0.394 e. The van der Waals surface area contributed by atoms with Gasteiger partial charge in [0.15, 0.2) is 6.29 Å². The molecular formula is C14H26N4O8. The molecule has 1 saturated heterocycles. The van der Waals surface area contributed by atoms with Crippen LogP contribution in [-0.2, 0) is 23.7 Å². The molecule has 0 aromatic heterocycles. The Kier molecular flexibility index (Phi) is 11.1. The number of hydrogen-bond donors (Lipinski definition) is 4. The molecule has 0 aromatic rings. The Hall–Kier alpha value is -1.50. The molecule has 1 amide bonds. The van der Waals surface area contributed by atoms with Gasteiger partial charge in [0.2, 0.25) is 5.91 Å². The first kappa shape index (κ1) is 22.5. The van der Waals surface area contributed by atoms with E-state index in [1.165, 1.54) is 6.92 Å². The van der Waals surface area contributed by atoms with E-state index in [4.69, 9.17) is 24.5 Å². The highest BCUT2D eigenvalue weighted by Crippen LogP contribution is 2.22. The van der Waals surface area contributed by atoms with Crippen molar-refractivity contribution in [3.8, 4) is 0 Å². The van der Waals surface area contributed by atoms with E-state index in [1.807, 2.05) is 0 Å². The van der Waals surface area contributed by atoms with E-state index < -0.39 is 43.2 Å². The van der Waals surface area contributed by atoms with Crippen LogP contribution in [0.3, 0.4) is 0 Å². The summed E-state index contributed by atoms with van der Waals surface area (Å²) in [7, 11) is 0. The number of ether oxygens (including phenoxy) is 4. The highest BCUT2D eigenvalue weighted by molar-refractivity contribution is 5.73. The van der Waals surface area contributed by atoms with E-state index in [0.717, 1.165) is 0 Å². The minimum absolute atomic E-state index is 0.0977. The zero-order valence-electron chi connectivity index (χ0n) is 14.6. The number of amides is 1. The van der Waals surface area contributed by atoms with E-state index in [-0.39, 0.29) is 19.8 Å². The number of carbonyl (C=O) groups excluding carboxylic acids is 1. The van der Waals surface area contributed by atoms with Gasteiger partial charge in [-0.25, -0.2) is 0 Å². The van der Waals surface area contributed by atoms with Gasteiger partial charge >= 0.3 is 0 Å². The van der Waals surface area contributed by atoms with Crippen molar-refractivity contribution < 1.29 is 39.1 Å². The molecular weight excluding hydrogens is 352 g/mol. The maximum atomic E-state index is 11.3. The molecule has 26 heavy (non-hydrogen) atoms. The van der Waals surface area contributed by atoms with Gasteiger partial charge in [-0.15, -0.1) is 0 Å². The fraction of sp³-hybridized carbons (Fsp3) is 0.929. The van der Waals surface area contributed by atoms with E-state index in [2.05, 4.69) is 15.3 Å². The summed E-state index contributed by atoms with van der Waals surface area (Å²) in [4.78, 5) is 13.9. The van der Waals surface area contributed by atoms with Gasteiger partial charge in [-0.3, -0.25) is 4.79 Å². The lowest BCUT2D eigenvalue weighted by Crippen LogP contribution is -2.64. The van der Waals surface area contributed by atoms with Gasteiger partial charge in [0.1, 0.15) is 24.4 Å². The lowest BCUT2D eigenvalue weighted by atomic mass is 9.97. The molecule has 1 aliphatic heterocycles. The highest BCUT2D eigenvalue weighted by Gasteiger charge is 2.45. The Balaban J connectivity index is 2.30. The molecule has 0 aromatic carbocycles. The number of rotatable bonds is 12. The Labute approximate surface area is 150 Å². The second-order valence-electron chi connectivity index (χ2n) is 5.48. The number of aliphatic hydroxyl groups excluding tert-OH is 3. The van der Waals surface area contributed by atoms with Crippen LogP contribution in [0, 0.1) is 0 Å². The Morgan fingerprint density at radius 3 is 2.46 bits per heavy atom. The first-order valence-electron chi connectivity index (χ1n) is 8.18. The fourth-order valence-electron chi connectivity index (χ4n) is 2.31. The number of carbonyl (C=O) groups is 1. The Morgan fingerprint density at radius 1 is 1.19 bits per heavy atom. The number of aliphatic hydroxyl groups is 3. The standard InChI is InChI=1S/C14H26N4O8/c1-9(20)17-11-13(22)12(21)10(8-19)26-14(11)25-7-6-24-5-4-23-3-2-16-18-15/h10-14,19,21-22H,2-8H2,1H3,(H,17,20)/t10-,11+,12-,13+,14+/m0/s1. The molecule has 1 rings (SSSR count). The molecule has 12 nitrogen and oxygen atoms in total. The average molecular weight is 378 g/mol. The van der Waals surface area contributed by atoms with Crippen molar-refractivity contribution in [2.45, 2.75) is 37.6 Å². The van der Waals surface area contributed by atoms with E-state index in [9.17, 15) is 20.1 Å². The van der Waals surface area contributed by atoms with Gasteiger partial charge in [0.05, 0.1) is 39.6 Å². The summed E-state index contributed by atoms with van der Waals surface area (Å²) in [5, 5.41) is 35.0. The van der Waals surface area contributed by atoms with E-state index in [0.29, 0.717) is 19.8 Å². The molecule has 150 valence electrons. The number of azide groups is 1. The summed E-state index contributed by atoms with van der Waals surface area (Å²) in [6, 6.07) is -0.977. The largest absolute Gasteiger partial charge is 0.394 e. The molecule has 0 radical (unpaired) electrons. The van der Waals surface area contributed by atoms with Crippen LogP contribution in [0.1, 0.15) is 6.92 Å². The van der Waals surface area contributed by atoms with Crippen molar-refractivity contribution in [3.63, 3.8) is 0 Å². The molecule has 0 unspecified atom stereocenters. The van der Waals surface area contributed by atoms with Crippen LogP contribution < -0.4 is 5.32 Å². The summed E-state index contributed by atoms with van der Waals surface area (Å²) in [5.41, 5.74) is 8.09. The average Bonchev–Trinajstić information content (AvgIpc) is 2.62. The van der Waals surface area contributed by atoms with Crippen molar-refractivity contribution in [3.05, 3.63) is 10.4 Å². The highest BCUT2D eigenvalue weighted by atomic mass is 16.7. The molecule has 12 heteroatoms. The summed E-state index contributed by atoms with van der Waals surface area (Å²) in [5.74, 6) is -0.421. The van der Waals surface area contributed by atoms with Crippen molar-refractivity contribution in [2.24, 2.45) is 5.11 Å². The van der Waals surface area contributed by atoms with Gasteiger partial charge in [-0.1, -0.05) is 5.11 Å². The van der Waals surface area contributed by atoms with Crippen LogP contribution in [0.4, 0.5) is 0 Å². The SMILES string of the molecule is CC(=O)N[C@H]1[C@H](OCCOCCOCCN=[N+]=[N-])O[C@@H](CO)[C@H](O)[C@@H]1O.